The summed E-state index contributed by atoms with van der Waals surface area (Å²) in [5.74, 6) is 0.977. The Morgan fingerprint density at radius 3 is 2.64 bits per heavy atom. The molecule has 1 heterocycles. The van der Waals surface area contributed by atoms with E-state index >= 15 is 0 Å². The highest BCUT2D eigenvalue weighted by molar-refractivity contribution is 5.94. The Morgan fingerprint density at radius 1 is 1.00 bits per heavy atom. The van der Waals surface area contributed by atoms with E-state index in [0.717, 1.165) is 54.0 Å². The SMILES string of the molecule is CC1(C)OCc2cc([C@H](O)CNCCc3ccc(OCCOCc4cccc(C(=O)NC5CCCCC5)c4)cc3)ccc2O1. The second kappa shape index (κ2) is 15.5. The number of amides is 1. The summed E-state index contributed by atoms with van der Waals surface area (Å²) in [5.41, 5.74) is 4.65. The van der Waals surface area contributed by atoms with Gasteiger partial charge in [0, 0.05) is 37.6 Å². The van der Waals surface area contributed by atoms with Gasteiger partial charge in [-0.25, -0.2) is 0 Å². The predicted octanol–water partition coefficient (Wildman–Crippen LogP) is 5.86. The van der Waals surface area contributed by atoms with Crippen molar-refractivity contribution >= 4 is 5.91 Å². The number of hydrogen-bond acceptors (Lipinski definition) is 7. The van der Waals surface area contributed by atoms with Gasteiger partial charge in [0.2, 0.25) is 5.79 Å². The van der Waals surface area contributed by atoms with Gasteiger partial charge in [0.15, 0.2) is 0 Å². The fourth-order valence-corrected chi connectivity index (χ4v) is 5.63. The monoisotopic (exact) mass is 602 g/mol. The maximum atomic E-state index is 12.6. The van der Waals surface area contributed by atoms with E-state index in [0.29, 0.717) is 44.6 Å². The van der Waals surface area contributed by atoms with Crippen LogP contribution in [0.15, 0.2) is 66.7 Å². The van der Waals surface area contributed by atoms with E-state index in [1.807, 2.05) is 68.4 Å². The molecule has 0 aromatic heterocycles. The van der Waals surface area contributed by atoms with Gasteiger partial charge in [-0.3, -0.25) is 4.79 Å². The lowest BCUT2D eigenvalue weighted by Gasteiger charge is -2.33. The second-order valence-electron chi connectivity index (χ2n) is 12.2. The first-order valence-electron chi connectivity index (χ1n) is 15.9. The first-order chi connectivity index (χ1) is 21.3. The van der Waals surface area contributed by atoms with E-state index in [-0.39, 0.29) is 5.91 Å². The summed E-state index contributed by atoms with van der Waals surface area (Å²) in [5, 5.41) is 17.2. The molecule has 3 aromatic carbocycles. The van der Waals surface area contributed by atoms with E-state index in [1.54, 1.807) is 0 Å². The lowest BCUT2D eigenvalue weighted by Crippen LogP contribution is -2.36. The number of carbonyl (C=O) groups excluding carboxylic acids is 1. The first-order valence-corrected chi connectivity index (χ1v) is 15.9. The van der Waals surface area contributed by atoms with Crippen molar-refractivity contribution in [1.29, 1.82) is 0 Å². The molecule has 44 heavy (non-hydrogen) atoms. The van der Waals surface area contributed by atoms with Gasteiger partial charge in [0.05, 0.1) is 25.9 Å². The van der Waals surface area contributed by atoms with Crippen molar-refractivity contribution in [2.24, 2.45) is 0 Å². The number of hydrogen-bond donors (Lipinski definition) is 3. The Labute approximate surface area is 261 Å². The zero-order valence-corrected chi connectivity index (χ0v) is 26.0. The molecule has 0 unspecified atom stereocenters. The number of benzene rings is 3. The molecule has 8 nitrogen and oxygen atoms in total. The number of nitrogens with one attached hydrogen (secondary N) is 2. The van der Waals surface area contributed by atoms with Crippen LogP contribution < -0.4 is 20.1 Å². The van der Waals surface area contributed by atoms with Crippen molar-refractivity contribution in [2.45, 2.75) is 83.5 Å². The van der Waals surface area contributed by atoms with E-state index in [2.05, 4.69) is 22.8 Å². The van der Waals surface area contributed by atoms with Gasteiger partial charge in [0.25, 0.3) is 5.91 Å². The second-order valence-corrected chi connectivity index (χ2v) is 12.2. The molecule has 0 bridgehead atoms. The molecule has 1 fully saturated rings. The smallest absolute Gasteiger partial charge is 0.251 e. The Bertz CT molecular complexity index is 1350. The minimum absolute atomic E-state index is 0.000151. The average molecular weight is 603 g/mol. The van der Waals surface area contributed by atoms with Crippen molar-refractivity contribution in [2.75, 3.05) is 26.3 Å². The minimum atomic E-state index is -0.628. The molecule has 1 atom stereocenters. The third-order valence-electron chi connectivity index (χ3n) is 8.15. The van der Waals surface area contributed by atoms with Crippen LogP contribution in [0.3, 0.4) is 0 Å². The van der Waals surface area contributed by atoms with Gasteiger partial charge in [-0.1, -0.05) is 49.6 Å². The molecule has 1 aliphatic carbocycles. The molecule has 0 spiro atoms. The molecule has 1 aliphatic heterocycles. The van der Waals surface area contributed by atoms with E-state index in [4.69, 9.17) is 18.9 Å². The highest BCUT2D eigenvalue weighted by Gasteiger charge is 2.27. The van der Waals surface area contributed by atoms with Crippen molar-refractivity contribution in [3.8, 4) is 11.5 Å². The van der Waals surface area contributed by atoms with Crippen LogP contribution >= 0.6 is 0 Å². The fourth-order valence-electron chi connectivity index (χ4n) is 5.63. The van der Waals surface area contributed by atoms with Crippen molar-refractivity contribution < 1.29 is 28.8 Å². The van der Waals surface area contributed by atoms with Gasteiger partial charge < -0.3 is 34.7 Å². The van der Waals surface area contributed by atoms with Gasteiger partial charge in [-0.05, 0) is 78.9 Å². The average Bonchev–Trinajstić information content (AvgIpc) is 3.03. The quantitative estimate of drug-likeness (QED) is 0.199. The molecule has 236 valence electrons. The number of rotatable bonds is 14. The molecular formula is C36H46N2O6. The molecule has 8 heteroatoms. The summed E-state index contributed by atoms with van der Waals surface area (Å²) in [6.45, 7) is 6.80. The summed E-state index contributed by atoms with van der Waals surface area (Å²) in [6.07, 6.45) is 6.03. The topological polar surface area (TPSA) is 98.3 Å². The molecule has 3 N–H and O–H groups in total. The van der Waals surface area contributed by atoms with Gasteiger partial charge in [-0.2, -0.15) is 0 Å². The fraction of sp³-hybridized carbons (Fsp3) is 0.472. The Balaban J connectivity index is 0.953. The standard InChI is InChI=1S/C36H46N2O6/c1-36(2)43-25-30-22-28(13-16-34(30)44-36)33(39)23-37-18-17-26-11-14-32(15-12-26)42-20-19-41-24-27-7-6-8-29(21-27)35(40)38-31-9-4-3-5-10-31/h6-8,11-16,21-22,31,33,37,39H,3-5,9-10,17-20,23-25H2,1-2H3,(H,38,40)/t33-/m1/s1. The van der Waals surface area contributed by atoms with Crippen molar-refractivity contribution in [3.63, 3.8) is 0 Å². The van der Waals surface area contributed by atoms with Crippen molar-refractivity contribution in [1.82, 2.24) is 10.6 Å². The Hall–Kier alpha value is -3.43. The molecule has 0 saturated heterocycles. The summed E-state index contributed by atoms with van der Waals surface area (Å²) in [6, 6.07) is 21.8. The number of ether oxygens (including phenoxy) is 4. The normalized spacial score (nSPS) is 16.9. The van der Waals surface area contributed by atoms with E-state index in [9.17, 15) is 9.90 Å². The number of aliphatic hydroxyl groups is 1. The molecule has 3 aromatic rings. The third kappa shape index (κ3) is 9.53. The lowest BCUT2D eigenvalue weighted by molar-refractivity contribution is -0.180. The lowest BCUT2D eigenvalue weighted by atomic mass is 9.95. The van der Waals surface area contributed by atoms with Crippen LogP contribution in [0.5, 0.6) is 11.5 Å². The number of fused-ring (bicyclic) bond motifs is 1. The molecule has 0 radical (unpaired) electrons. The third-order valence-corrected chi connectivity index (χ3v) is 8.15. The van der Waals surface area contributed by atoms with Gasteiger partial charge in [0.1, 0.15) is 18.1 Å². The van der Waals surface area contributed by atoms with Crippen LogP contribution in [0, 0.1) is 0 Å². The maximum absolute atomic E-state index is 12.6. The van der Waals surface area contributed by atoms with Crippen molar-refractivity contribution in [3.05, 3.63) is 94.5 Å². The van der Waals surface area contributed by atoms with Crippen LogP contribution in [0.1, 0.15) is 84.7 Å². The van der Waals surface area contributed by atoms with Crippen LogP contribution in [-0.2, 0) is 29.1 Å². The predicted molar refractivity (Wildman–Crippen MR) is 170 cm³/mol. The highest BCUT2D eigenvalue weighted by Crippen LogP contribution is 2.32. The largest absolute Gasteiger partial charge is 0.491 e. The van der Waals surface area contributed by atoms with Crippen LogP contribution in [-0.4, -0.2) is 49.1 Å². The Kier molecular flexibility index (Phi) is 11.3. The molecule has 2 aliphatic rings. The number of aliphatic hydroxyl groups excluding tert-OH is 1. The van der Waals surface area contributed by atoms with E-state index in [1.165, 1.54) is 24.8 Å². The van der Waals surface area contributed by atoms with Crippen LogP contribution in [0.2, 0.25) is 0 Å². The Morgan fingerprint density at radius 2 is 1.82 bits per heavy atom. The zero-order chi connectivity index (χ0) is 30.8. The summed E-state index contributed by atoms with van der Waals surface area (Å²) in [7, 11) is 0. The molecule has 5 rings (SSSR count). The van der Waals surface area contributed by atoms with Crippen LogP contribution in [0.25, 0.3) is 0 Å². The molecule has 1 saturated carbocycles. The minimum Gasteiger partial charge on any atom is -0.491 e. The summed E-state index contributed by atoms with van der Waals surface area (Å²) in [4.78, 5) is 12.6. The summed E-state index contributed by atoms with van der Waals surface area (Å²) < 4.78 is 23.2. The molecular weight excluding hydrogens is 556 g/mol. The zero-order valence-electron chi connectivity index (χ0n) is 26.0. The van der Waals surface area contributed by atoms with Gasteiger partial charge >= 0.3 is 0 Å². The molecule has 1 amide bonds. The van der Waals surface area contributed by atoms with Gasteiger partial charge in [-0.15, -0.1) is 0 Å². The summed E-state index contributed by atoms with van der Waals surface area (Å²) >= 11 is 0. The van der Waals surface area contributed by atoms with Crippen LogP contribution in [0.4, 0.5) is 0 Å². The first kappa shape index (κ1) is 32.0. The van der Waals surface area contributed by atoms with E-state index < -0.39 is 11.9 Å². The number of carbonyl (C=O) groups is 1. The highest BCUT2D eigenvalue weighted by atomic mass is 16.7. The maximum Gasteiger partial charge on any atom is 0.251 e.